The van der Waals surface area contributed by atoms with Crippen LogP contribution in [-0.2, 0) is 4.79 Å². The number of rotatable bonds is 2. The van der Waals surface area contributed by atoms with Gasteiger partial charge in [-0.1, -0.05) is 36.5 Å². The predicted molar refractivity (Wildman–Crippen MR) is 70.1 cm³/mol. The van der Waals surface area contributed by atoms with Gasteiger partial charge in [-0.05, 0) is 24.7 Å². The van der Waals surface area contributed by atoms with E-state index in [0.717, 1.165) is 6.42 Å². The Bertz CT molecular complexity index is 424. The normalized spacial score (nSPS) is 41.2. The molecule has 5 unspecified atom stereocenters. The van der Waals surface area contributed by atoms with Crippen LogP contribution in [0.4, 0.5) is 0 Å². The van der Waals surface area contributed by atoms with Gasteiger partial charge in [-0.25, -0.2) is 0 Å². The van der Waals surface area contributed by atoms with E-state index in [1.165, 1.54) is 6.42 Å². The first kappa shape index (κ1) is 11.7. The fraction of sp³-hybridized carbons (Fsp3) is 0.533. The molecular weight excluding hydrogens is 226 g/mol. The predicted octanol–water partition coefficient (Wildman–Crippen LogP) is 2.13. The number of carboxylic acid groups (broad SMARTS) is 1. The van der Waals surface area contributed by atoms with Gasteiger partial charge in [-0.2, -0.15) is 0 Å². The highest BCUT2D eigenvalue weighted by atomic mass is 16.4. The Labute approximate surface area is 107 Å². The Kier molecular flexibility index (Phi) is 3.08. The lowest BCUT2D eigenvalue weighted by molar-refractivity contribution is -0.138. The van der Waals surface area contributed by atoms with Gasteiger partial charge in [-0.15, -0.1) is 0 Å². The summed E-state index contributed by atoms with van der Waals surface area (Å²) in [6.07, 6.45) is 15.5. The molecule has 2 N–H and O–H groups in total. The molecule has 0 aromatic carbocycles. The van der Waals surface area contributed by atoms with Gasteiger partial charge < -0.3 is 10.4 Å². The second-order valence-corrected chi connectivity index (χ2v) is 5.50. The Hall–Kier alpha value is -1.35. The third-order valence-corrected chi connectivity index (χ3v) is 4.44. The Morgan fingerprint density at radius 1 is 1.28 bits per heavy atom. The van der Waals surface area contributed by atoms with E-state index in [9.17, 15) is 4.79 Å². The summed E-state index contributed by atoms with van der Waals surface area (Å²) < 4.78 is 0. The van der Waals surface area contributed by atoms with Crippen molar-refractivity contribution in [2.24, 2.45) is 17.8 Å². The summed E-state index contributed by atoms with van der Waals surface area (Å²) in [4.78, 5) is 11.0. The zero-order chi connectivity index (χ0) is 12.5. The molecule has 5 atom stereocenters. The fourth-order valence-electron chi connectivity index (χ4n) is 3.65. The SMILES string of the molecule is O=C(O)CC1C=CC=CC2C3CCC=CC3NC12. The molecule has 0 saturated carbocycles. The topological polar surface area (TPSA) is 49.3 Å². The maximum absolute atomic E-state index is 11.0. The highest BCUT2D eigenvalue weighted by molar-refractivity contribution is 5.67. The van der Waals surface area contributed by atoms with Gasteiger partial charge in [0.25, 0.3) is 0 Å². The van der Waals surface area contributed by atoms with Crippen molar-refractivity contribution in [3.05, 3.63) is 36.5 Å². The van der Waals surface area contributed by atoms with Crippen molar-refractivity contribution in [3.63, 3.8) is 0 Å². The maximum atomic E-state index is 11.0. The Balaban J connectivity index is 1.84. The molecule has 2 aliphatic carbocycles. The van der Waals surface area contributed by atoms with E-state index in [0.29, 0.717) is 17.9 Å². The number of fused-ring (bicyclic) bond motifs is 3. The molecule has 0 bridgehead atoms. The molecule has 3 aliphatic rings. The minimum atomic E-state index is -0.711. The summed E-state index contributed by atoms with van der Waals surface area (Å²) in [5.41, 5.74) is 0. The molecular formula is C15H19NO2. The lowest BCUT2D eigenvalue weighted by atomic mass is 9.78. The summed E-state index contributed by atoms with van der Waals surface area (Å²) in [5, 5.41) is 12.7. The molecule has 0 radical (unpaired) electrons. The second kappa shape index (κ2) is 4.73. The van der Waals surface area contributed by atoms with Crippen molar-refractivity contribution in [1.29, 1.82) is 0 Å². The maximum Gasteiger partial charge on any atom is 0.304 e. The van der Waals surface area contributed by atoms with E-state index in [1.54, 1.807) is 0 Å². The molecule has 0 spiro atoms. The zero-order valence-electron chi connectivity index (χ0n) is 10.3. The quantitative estimate of drug-likeness (QED) is 0.733. The van der Waals surface area contributed by atoms with Crippen molar-refractivity contribution >= 4 is 5.97 Å². The minimum absolute atomic E-state index is 0.0986. The van der Waals surface area contributed by atoms with Gasteiger partial charge in [0.1, 0.15) is 0 Å². The molecule has 0 aromatic rings. The molecule has 0 amide bonds. The third kappa shape index (κ3) is 2.03. The zero-order valence-corrected chi connectivity index (χ0v) is 10.3. The number of allylic oxidation sites excluding steroid dienone is 3. The summed E-state index contributed by atoms with van der Waals surface area (Å²) in [6, 6.07) is 0.704. The van der Waals surface area contributed by atoms with Crippen LogP contribution in [0.3, 0.4) is 0 Å². The van der Waals surface area contributed by atoms with Crippen molar-refractivity contribution in [2.75, 3.05) is 0 Å². The largest absolute Gasteiger partial charge is 0.481 e. The fourth-order valence-corrected chi connectivity index (χ4v) is 3.65. The van der Waals surface area contributed by atoms with Crippen molar-refractivity contribution in [3.8, 4) is 0 Å². The van der Waals surface area contributed by atoms with Crippen LogP contribution in [0.1, 0.15) is 19.3 Å². The molecule has 3 nitrogen and oxygen atoms in total. The van der Waals surface area contributed by atoms with Gasteiger partial charge in [-0.3, -0.25) is 4.79 Å². The highest BCUT2D eigenvalue weighted by Gasteiger charge is 2.44. The molecule has 3 rings (SSSR count). The van der Waals surface area contributed by atoms with E-state index in [1.807, 2.05) is 12.2 Å². The summed E-state index contributed by atoms with van der Waals surface area (Å²) in [7, 11) is 0. The van der Waals surface area contributed by atoms with Crippen molar-refractivity contribution in [2.45, 2.75) is 31.3 Å². The van der Waals surface area contributed by atoms with Gasteiger partial charge in [0.15, 0.2) is 0 Å². The van der Waals surface area contributed by atoms with Gasteiger partial charge in [0.2, 0.25) is 0 Å². The van der Waals surface area contributed by atoms with E-state index >= 15 is 0 Å². The average Bonchev–Trinajstić information content (AvgIpc) is 2.61. The first-order chi connectivity index (χ1) is 8.75. The first-order valence-corrected chi connectivity index (χ1v) is 6.75. The first-order valence-electron chi connectivity index (χ1n) is 6.75. The van der Waals surface area contributed by atoms with E-state index in [-0.39, 0.29) is 18.4 Å². The number of carbonyl (C=O) groups is 1. The minimum Gasteiger partial charge on any atom is -0.481 e. The van der Waals surface area contributed by atoms with Crippen LogP contribution < -0.4 is 5.32 Å². The van der Waals surface area contributed by atoms with Crippen molar-refractivity contribution in [1.82, 2.24) is 5.32 Å². The Morgan fingerprint density at radius 2 is 2.11 bits per heavy atom. The standard InChI is InChI=1S/C15H19NO2/c17-14(18)9-10-5-1-2-7-12-11-6-3-4-8-13(11)16-15(10)12/h1-2,4-5,7-8,10-13,15-16H,3,6,9H2,(H,17,18). The van der Waals surface area contributed by atoms with Crippen molar-refractivity contribution < 1.29 is 9.90 Å². The number of hydrogen-bond donors (Lipinski definition) is 2. The number of nitrogens with one attached hydrogen (secondary N) is 1. The molecule has 1 aliphatic heterocycles. The smallest absolute Gasteiger partial charge is 0.304 e. The van der Waals surface area contributed by atoms with E-state index in [4.69, 9.17) is 5.11 Å². The summed E-state index contributed by atoms with van der Waals surface area (Å²) in [6.45, 7) is 0. The number of hydrogen-bond acceptors (Lipinski definition) is 2. The van der Waals surface area contributed by atoms with E-state index in [2.05, 4.69) is 29.6 Å². The summed E-state index contributed by atoms with van der Waals surface area (Å²) >= 11 is 0. The van der Waals surface area contributed by atoms with Gasteiger partial charge in [0, 0.05) is 18.0 Å². The lowest BCUT2D eigenvalue weighted by Crippen LogP contribution is -2.37. The molecule has 1 saturated heterocycles. The van der Waals surface area contributed by atoms with E-state index < -0.39 is 5.97 Å². The summed E-state index contributed by atoms with van der Waals surface area (Å²) in [5.74, 6) is 0.491. The number of aliphatic carboxylic acids is 1. The van der Waals surface area contributed by atoms with Crippen LogP contribution in [-0.4, -0.2) is 23.2 Å². The number of carboxylic acids is 1. The molecule has 1 heterocycles. The van der Waals surface area contributed by atoms with Crippen LogP contribution in [0, 0.1) is 17.8 Å². The monoisotopic (exact) mass is 245 g/mol. The highest BCUT2D eigenvalue weighted by Crippen LogP contribution is 2.40. The van der Waals surface area contributed by atoms with Gasteiger partial charge >= 0.3 is 5.97 Å². The second-order valence-electron chi connectivity index (χ2n) is 5.50. The molecule has 3 heteroatoms. The molecule has 1 fully saturated rings. The molecule has 0 aromatic heterocycles. The third-order valence-electron chi connectivity index (χ3n) is 4.44. The average molecular weight is 245 g/mol. The van der Waals surface area contributed by atoms with Crippen LogP contribution in [0.2, 0.25) is 0 Å². The molecule has 96 valence electrons. The molecule has 18 heavy (non-hydrogen) atoms. The van der Waals surface area contributed by atoms with Gasteiger partial charge in [0.05, 0.1) is 6.42 Å². The van der Waals surface area contributed by atoms with Crippen LogP contribution in [0.15, 0.2) is 36.5 Å². The Morgan fingerprint density at radius 3 is 2.94 bits per heavy atom. The van der Waals surface area contributed by atoms with Crippen LogP contribution >= 0.6 is 0 Å². The lowest BCUT2D eigenvalue weighted by Gasteiger charge is -2.25. The van der Waals surface area contributed by atoms with Crippen LogP contribution in [0.25, 0.3) is 0 Å². The van der Waals surface area contributed by atoms with Crippen LogP contribution in [0.5, 0.6) is 0 Å².